The third-order valence-corrected chi connectivity index (χ3v) is 3.23. The molecule has 0 heterocycles. The fraction of sp³-hybridized carbons (Fsp3) is 1.00. The number of primary sulfonamides is 1. The first kappa shape index (κ1) is 7.97. The van der Waals surface area contributed by atoms with E-state index in [1.165, 1.54) is 0 Å². The molecule has 3 N–H and O–H groups in total. The molecule has 60 valence electrons. The SMILES string of the molecule is NS(=O)(=O)[C@@H]1CCC[C@H]1O. The number of aliphatic hydroxyl groups excluding tert-OH is 1. The lowest BCUT2D eigenvalue weighted by Crippen LogP contribution is -2.34. The van der Waals surface area contributed by atoms with Crippen molar-refractivity contribution in [2.45, 2.75) is 30.6 Å². The fourth-order valence-electron chi connectivity index (χ4n) is 1.29. The van der Waals surface area contributed by atoms with E-state index in [2.05, 4.69) is 0 Å². The highest BCUT2D eigenvalue weighted by Gasteiger charge is 2.33. The molecule has 0 spiro atoms. The van der Waals surface area contributed by atoms with Crippen LogP contribution in [0.3, 0.4) is 0 Å². The normalized spacial score (nSPS) is 34.6. The van der Waals surface area contributed by atoms with E-state index in [0.29, 0.717) is 12.8 Å². The van der Waals surface area contributed by atoms with Crippen molar-refractivity contribution in [3.63, 3.8) is 0 Å². The Morgan fingerprint density at radius 2 is 2.00 bits per heavy atom. The van der Waals surface area contributed by atoms with E-state index in [1.807, 2.05) is 0 Å². The summed E-state index contributed by atoms with van der Waals surface area (Å²) in [6, 6.07) is 0. The van der Waals surface area contributed by atoms with E-state index in [0.717, 1.165) is 6.42 Å². The van der Waals surface area contributed by atoms with Gasteiger partial charge in [0.15, 0.2) is 0 Å². The zero-order valence-corrected chi connectivity index (χ0v) is 6.34. The molecule has 0 unspecified atom stereocenters. The molecule has 5 heteroatoms. The third-order valence-electron chi connectivity index (χ3n) is 1.84. The monoisotopic (exact) mass is 165 g/mol. The van der Waals surface area contributed by atoms with E-state index in [4.69, 9.17) is 10.2 Å². The Morgan fingerprint density at radius 3 is 2.20 bits per heavy atom. The van der Waals surface area contributed by atoms with Crippen molar-refractivity contribution in [1.82, 2.24) is 0 Å². The summed E-state index contributed by atoms with van der Waals surface area (Å²) in [5.74, 6) is 0. The summed E-state index contributed by atoms with van der Waals surface area (Å²) in [6.07, 6.45) is 1.07. The van der Waals surface area contributed by atoms with Crippen molar-refractivity contribution in [3.8, 4) is 0 Å². The maximum absolute atomic E-state index is 10.7. The van der Waals surface area contributed by atoms with E-state index >= 15 is 0 Å². The predicted octanol–water partition coefficient (Wildman–Crippen LogP) is -0.812. The molecule has 0 saturated heterocycles. The van der Waals surface area contributed by atoms with Gasteiger partial charge in [0.1, 0.15) is 5.25 Å². The zero-order valence-electron chi connectivity index (χ0n) is 5.53. The standard InChI is InChI=1S/C5H11NO3S/c6-10(8,9)5-3-1-2-4(5)7/h4-5,7H,1-3H2,(H2,6,8,9)/t4-,5-/m1/s1. The van der Waals surface area contributed by atoms with Gasteiger partial charge in [-0.05, 0) is 19.3 Å². The Hall–Kier alpha value is -0.130. The third kappa shape index (κ3) is 1.47. The first-order chi connectivity index (χ1) is 4.52. The molecule has 10 heavy (non-hydrogen) atoms. The van der Waals surface area contributed by atoms with Gasteiger partial charge in [-0.3, -0.25) is 0 Å². The van der Waals surface area contributed by atoms with Crippen LogP contribution in [0.25, 0.3) is 0 Å². The second-order valence-corrected chi connectivity index (χ2v) is 4.41. The lowest BCUT2D eigenvalue weighted by Gasteiger charge is -2.10. The number of sulfonamides is 1. The molecular weight excluding hydrogens is 154 g/mol. The van der Waals surface area contributed by atoms with Gasteiger partial charge >= 0.3 is 0 Å². The highest BCUT2D eigenvalue weighted by molar-refractivity contribution is 7.89. The minimum Gasteiger partial charge on any atom is -0.392 e. The molecule has 1 aliphatic rings. The molecule has 2 atom stereocenters. The molecule has 0 bridgehead atoms. The van der Waals surface area contributed by atoms with Crippen molar-refractivity contribution in [2.75, 3.05) is 0 Å². The molecule has 0 radical (unpaired) electrons. The van der Waals surface area contributed by atoms with Crippen LogP contribution < -0.4 is 5.14 Å². The van der Waals surface area contributed by atoms with Crippen molar-refractivity contribution >= 4 is 10.0 Å². The van der Waals surface area contributed by atoms with E-state index in [9.17, 15) is 8.42 Å². The molecule has 1 rings (SSSR count). The summed E-state index contributed by atoms with van der Waals surface area (Å²) in [4.78, 5) is 0. The molecular formula is C5H11NO3S. The van der Waals surface area contributed by atoms with Gasteiger partial charge in [0.05, 0.1) is 6.10 Å². The van der Waals surface area contributed by atoms with Gasteiger partial charge in [0, 0.05) is 0 Å². The van der Waals surface area contributed by atoms with E-state index in [1.54, 1.807) is 0 Å². The van der Waals surface area contributed by atoms with Crippen LogP contribution in [0.4, 0.5) is 0 Å². The van der Waals surface area contributed by atoms with Gasteiger partial charge < -0.3 is 5.11 Å². The van der Waals surface area contributed by atoms with Gasteiger partial charge in [0.2, 0.25) is 10.0 Å². The molecule has 0 aromatic carbocycles. The number of hydrogen-bond donors (Lipinski definition) is 2. The average molecular weight is 165 g/mol. The molecule has 0 amide bonds. The summed E-state index contributed by atoms with van der Waals surface area (Å²) in [5.41, 5.74) is 0. The first-order valence-corrected chi connectivity index (χ1v) is 4.82. The Morgan fingerprint density at radius 1 is 1.40 bits per heavy atom. The van der Waals surface area contributed by atoms with Crippen LogP contribution in [0.2, 0.25) is 0 Å². The smallest absolute Gasteiger partial charge is 0.214 e. The molecule has 1 saturated carbocycles. The van der Waals surface area contributed by atoms with Crippen LogP contribution in [-0.2, 0) is 10.0 Å². The van der Waals surface area contributed by atoms with Gasteiger partial charge in [0.25, 0.3) is 0 Å². The summed E-state index contributed by atoms with van der Waals surface area (Å²) in [6.45, 7) is 0. The second kappa shape index (κ2) is 2.48. The molecule has 1 fully saturated rings. The Bertz CT molecular complexity index is 211. The molecule has 0 aromatic heterocycles. The van der Waals surface area contributed by atoms with Gasteiger partial charge in [-0.15, -0.1) is 0 Å². The van der Waals surface area contributed by atoms with Crippen LogP contribution >= 0.6 is 0 Å². The maximum Gasteiger partial charge on any atom is 0.214 e. The van der Waals surface area contributed by atoms with Crippen molar-refractivity contribution in [3.05, 3.63) is 0 Å². The van der Waals surface area contributed by atoms with E-state index in [-0.39, 0.29) is 0 Å². The quantitative estimate of drug-likeness (QED) is 0.533. The minimum atomic E-state index is -3.50. The highest BCUT2D eigenvalue weighted by Crippen LogP contribution is 2.23. The fourth-order valence-corrected chi connectivity index (χ4v) is 2.36. The van der Waals surface area contributed by atoms with Crippen LogP contribution in [-0.4, -0.2) is 24.9 Å². The largest absolute Gasteiger partial charge is 0.392 e. The van der Waals surface area contributed by atoms with Gasteiger partial charge in [-0.2, -0.15) is 0 Å². The Balaban J connectivity index is 2.74. The highest BCUT2D eigenvalue weighted by atomic mass is 32.2. The lowest BCUT2D eigenvalue weighted by molar-refractivity contribution is 0.185. The minimum absolute atomic E-state index is 0.500. The number of aliphatic hydroxyl groups is 1. The summed E-state index contributed by atoms with van der Waals surface area (Å²) >= 11 is 0. The summed E-state index contributed by atoms with van der Waals surface area (Å²) < 4.78 is 21.3. The molecule has 0 aliphatic heterocycles. The van der Waals surface area contributed by atoms with Crippen molar-refractivity contribution in [2.24, 2.45) is 5.14 Å². The maximum atomic E-state index is 10.7. The van der Waals surface area contributed by atoms with Crippen LogP contribution in [0.15, 0.2) is 0 Å². The zero-order chi connectivity index (χ0) is 7.78. The Kier molecular flexibility index (Phi) is 1.98. The summed E-state index contributed by atoms with van der Waals surface area (Å²) in [7, 11) is -3.50. The lowest BCUT2D eigenvalue weighted by atomic mass is 10.3. The molecule has 4 nitrogen and oxygen atoms in total. The van der Waals surface area contributed by atoms with Crippen LogP contribution in [0.1, 0.15) is 19.3 Å². The second-order valence-electron chi connectivity index (χ2n) is 2.63. The predicted molar refractivity (Wildman–Crippen MR) is 36.8 cm³/mol. The molecule has 1 aliphatic carbocycles. The first-order valence-electron chi connectivity index (χ1n) is 3.21. The topological polar surface area (TPSA) is 80.4 Å². The number of hydrogen-bond acceptors (Lipinski definition) is 3. The van der Waals surface area contributed by atoms with Crippen molar-refractivity contribution in [1.29, 1.82) is 0 Å². The number of nitrogens with two attached hydrogens (primary N) is 1. The van der Waals surface area contributed by atoms with Gasteiger partial charge in [-0.1, -0.05) is 0 Å². The van der Waals surface area contributed by atoms with Crippen molar-refractivity contribution < 1.29 is 13.5 Å². The van der Waals surface area contributed by atoms with Crippen LogP contribution in [0.5, 0.6) is 0 Å². The number of rotatable bonds is 1. The van der Waals surface area contributed by atoms with Crippen LogP contribution in [0, 0.1) is 0 Å². The van der Waals surface area contributed by atoms with E-state index < -0.39 is 21.4 Å². The average Bonchev–Trinajstić information content (AvgIpc) is 2.11. The Labute approximate surface area is 60.1 Å². The molecule has 0 aromatic rings. The van der Waals surface area contributed by atoms with Gasteiger partial charge in [-0.25, -0.2) is 13.6 Å². The summed E-state index contributed by atoms with van der Waals surface area (Å²) in [5, 5.41) is 13.2.